The number of nitrogens with zero attached hydrogens (tertiary/aromatic N) is 3. The van der Waals surface area contributed by atoms with Gasteiger partial charge in [-0.25, -0.2) is 4.39 Å². The molecule has 0 unspecified atom stereocenters. The predicted molar refractivity (Wildman–Crippen MR) is 80.9 cm³/mol. The highest BCUT2D eigenvalue weighted by atomic mass is 32.2. The van der Waals surface area contributed by atoms with Crippen LogP contribution in [0.15, 0.2) is 52.6 Å². The van der Waals surface area contributed by atoms with E-state index in [1.807, 2.05) is 41.8 Å². The van der Waals surface area contributed by atoms with Gasteiger partial charge in [0.05, 0.1) is 0 Å². The maximum Gasteiger partial charge on any atom is 0.200 e. The predicted octanol–water partition coefficient (Wildman–Crippen LogP) is 3.13. The van der Waals surface area contributed by atoms with E-state index in [0.717, 1.165) is 22.2 Å². The van der Waals surface area contributed by atoms with Gasteiger partial charge in [-0.05, 0) is 42.6 Å². The van der Waals surface area contributed by atoms with E-state index in [-0.39, 0.29) is 5.82 Å². The Balaban J connectivity index is 1.96. The van der Waals surface area contributed by atoms with Crippen LogP contribution >= 0.6 is 11.8 Å². The van der Waals surface area contributed by atoms with Crippen LogP contribution in [0.3, 0.4) is 0 Å². The molecule has 0 atom stereocenters. The molecule has 108 valence electrons. The molecule has 0 aliphatic heterocycles. The number of pyridine rings is 1. The number of fused-ring (bicyclic) bond motifs is 1. The zero-order chi connectivity index (χ0) is 14.7. The van der Waals surface area contributed by atoms with Crippen LogP contribution in [-0.4, -0.2) is 21.1 Å². The first kappa shape index (κ1) is 14.0. The Hall–Kier alpha value is -1.92. The average Bonchev–Trinajstić information content (AvgIpc) is 2.90. The first-order chi connectivity index (χ1) is 10.3. The van der Waals surface area contributed by atoms with Crippen molar-refractivity contribution in [3.8, 4) is 0 Å². The van der Waals surface area contributed by atoms with Crippen LogP contribution in [0.25, 0.3) is 5.65 Å². The minimum absolute atomic E-state index is 0.199. The number of hydrogen-bond acceptors (Lipinski definition) is 4. The van der Waals surface area contributed by atoms with E-state index >= 15 is 0 Å². The second kappa shape index (κ2) is 6.24. The third-order valence-electron chi connectivity index (χ3n) is 3.11. The summed E-state index contributed by atoms with van der Waals surface area (Å²) >= 11 is 1.42. The van der Waals surface area contributed by atoms with Crippen LogP contribution in [-0.2, 0) is 6.54 Å². The Bertz CT molecular complexity index is 756. The second-order valence-electron chi connectivity index (χ2n) is 4.51. The molecule has 4 nitrogen and oxygen atoms in total. The largest absolute Gasteiger partial charge is 0.313 e. The molecule has 1 aromatic carbocycles. The topological polar surface area (TPSA) is 42.2 Å². The second-order valence-corrected chi connectivity index (χ2v) is 5.52. The van der Waals surface area contributed by atoms with Crippen molar-refractivity contribution in [3.63, 3.8) is 0 Å². The fourth-order valence-corrected chi connectivity index (χ4v) is 3.01. The molecule has 0 aliphatic carbocycles. The molecule has 2 heterocycles. The minimum Gasteiger partial charge on any atom is -0.313 e. The molecular weight excluding hydrogens is 287 g/mol. The van der Waals surface area contributed by atoms with Crippen LogP contribution in [0, 0.1) is 5.82 Å². The highest BCUT2D eigenvalue weighted by Crippen LogP contribution is 2.30. The van der Waals surface area contributed by atoms with E-state index in [9.17, 15) is 4.39 Å². The van der Waals surface area contributed by atoms with E-state index in [0.29, 0.717) is 12.1 Å². The molecule has 1 N–H and O–H groups in total. The summed E-state index contributed by atoms with van der Waals surface area (Å²) in [6, 6.07) is 10.8. The third-order valence-corrected chi connectivity index (χ3v) is 4.17. The molecule has 2 aromatic heterocycles. The molecule has 3 aromatic rings. The lowest BCUT2D eigenvalue weighted by molar-refractivity contribution is 0.585. The highest BCUT2D eigenvalue weighted by molar-refractivity contribution is 7.99. The maximum atomic E-state index is 14.0. The fraction of sp³-hybridized carbons (Fsp3) is 0.200. The van der Waals surface area contributed by atoms with Gasteiger partial charge in [0.25, 0.3) is 0 Å². The quantitative estimate of drug-likeness (QED) is 0.786. The smallest absolute Gasteiger partial charge is 0.200 e. The normalized spacial score (nSPS) is 11.1. The van der Waals surface area contributed by atoms with Crippen molar-refractivity contribution in [3.05, 3.63) is 54.0 Å². The van der Waals surface area contributed by atoms with Crippen molar-refractivity contribution in [1.82, 2.24) is 19.9 Å². The first-order valence-electron chi connectivity index (χ1n) is 6.75. The lowest BCUT2D eigenvalue weighted by Crippen LogP contribution is -2.13. The number of nitrogens with one attached hydrogen (secondary N) is 1. The SMILES string of the molecule is CCNCc1c(F)cccc1Sc1nnc2ccccn12. The summed E-state index contributed by atoms with van der Waals surface area (Å²) in [4.78, 5) is 0.856. The molecule has 0 saturated carbocycles. The van der Waals surface area contributed by atoms with Crippen molar-refractivity contribution in [2.45, 2.75) is 23.5 Å². The van der Waals surface area contributed by atoms with Crippen molar-refractivity contribution < 1.29 is 4.39 Å². The van der Waals surface area contributed by atoms with E-state index in [1.54, 1.807) is 6.07 Å². The minimum atomic E-state index is -0.199. The number of hydrogen-bond donors (Lipinski definition) is 1. The van der Waals surface area contributed by atoms with Crippen molar-refractivity contribution in [2.24, 2.45) is 0 Å². The monoisotopic (exact) mass is 302 g/mol. The Labute approximate surface area is 126 Å². The average molecular weight is 302 g/mol. The first-order valence-corrected chi connectivity index (χ1v) is 7.57. The van der Waals surface area contributed by atoms with Gasteiger partial charge >= 0.3 is 0 Å². The molecule has 0 aliphatic rings. The molecule has 0 saturated heterocycles. The summed E-state index contributed by atoms with van der Waals surface area (Å²) in [7, 11) is 0. The Morgan fingerprint density at radius 3 is 2.95 bits per heavy atom. The van der Waals surface area contributed by atoms with E-state index in [1.165, 1.54) is 17.8 Å². The van der Waals surface area contributed by atoms with Crippen molar-refractivity contribution in [2.75, 3.05) is 6.54 Å². The summed E-state index contributed by atoms with van der Waals surface area (Å²) < 4.78 is 15.9. The summed E-state index contributed by atoms with van der Waals surface area (Å²) in [5.41, 5.74) is 1.45. The zero-order valence-electron chi connectivity index (χ0n) is 11.6. The van der Waals surface area contributed by atoms with Crippen LogP contribution in [0.2, 0.25) is 0 Å². The number of rotatable bonds is 5. The zero-order valence-corrected chi connectivity index (χ0v) is 12.4. The van der Waals surface area contributed by atoms with Gasteiger partial charge in [0.2, 0.25) is 0 Å². The van der Waals surface area contributed by atoms with Gasteiger partial charge in [-0.3, -0.25) is 4.40 Å². The van der Waals surface area contributed by atoms with Crippen LogP contribution in [0.1, 0.15) is 12.5 Å². The van der Waals surface area contributed by atoms with Crippen LogP contribution < -0.4 is 5.32 Å². The molecule has 0 radical (unpaired) electrons. The Kier molecular flexibility index (Phi) is 4.17. The fourth-order valence-electron chi connectivity index (χ4n) is 2.04. The lowest BCUT2D eigenvalue weighted by atomic mass is 10.2. The third kappa shape index (κ3) is 2.91. The molecule has 21 heavy (non-hydrogen) atoms. The number of aromatic nitrogens is 3. The van der Waals surface area contributed by atoms with E-state index in [2.05, 4.69) is 15.5 Å². The van der Waals surface area contributed by atoms with Gasteiger partial charge < -0.3 is 5.32 Å². The summed E-state index contributed by atoms with van der Waals surface area (Å²) in [5, 5.41) is 12.2. The molecule has 0 bridgehead atoms. The van der Waals surface area contributed by atoms with Crippen molar-refractivity contribution in [1.29, 1.82) is 0 Å². The van der Waals surface area contributed by atoms with Crippen LogP contribution in [0.5, 0.6) is 0 Å². The van der Waals surface area contributed by atoms with Gasteiger partial charge in [-0.1, -0.05) is 19.1 Å². The molecule has 0 amide bonds. The van der Waals surface area contributed by atoms with Crippen molar-refractivity contribution >= 4 is 17.4 Å². The molecular formula is C15H15FN4S. The summed E-state index contributed by atoms with van der Waals surface area (Å²) in [5.74, 6) is -0.199. The van der Waals surface area contributed by atoms with E-state index in [4.69, 9.17) is 0 Å². The summed E-state index contributed by atoms with van der Waals surface area (Å²) in [6.07, 6.45) is 1.90. The lowest BCUT2D eigenvalue weighted by Gasteiger charge is -2.09. The summed E-state index contributed by atoms with van der Waals surface area (Å²) in [6.45, 7) is 3.30. The Morgan fingerprint density at radius 2 is 2.10 bits per heavy atom. The van der Waals surface area contributed by atoms with Gasteiger partial charge in [-0.15, -0.1) is 10.2 Å². The molecule has 0 fully saturated rings. The van der Waals surface area contributed by atoms with Crippen LogP contribution in [0.4, 0.5) is 4.39 Å². The number of halogens is 1. The Morgan fingerprint density at radius 1 is 1.19 bits per heavy atom. The van der Waals surface area contributed by atoms with Gasteiger partial charge in [0, 0.05) is 23.2 Å². The number of benzene rings is 1. The van der Waals surface area contributed by atoms with Gasteiger partial charge in [0.1, 0.15) is 5.82 Å². The molecule has 6 heteroatoms. The van der Waals surface area contributed by atoms with E-state index < -0.39 is 0 Å². The maximum absolute atomic E-state index is 14.0. The highest BCUT2D eigenvalue weighted by Gasteiger charge is 2.12. The molecule has 0 spiro atoms. The molecule has 3 rings (SSSR count). The van der Waals surface area contributed by atoms with Gasteiger partial charge in [-0.2, -0.15) is 0 Å². The standard InChI is InChI=1S/C15H15FN4S/c1-2-17-10-11-12(16)6-5-7-13(11)21-15-19-18-14-8-3-4-9-20(14)15/h3-9,17H,2,10H2,1H3. The van der Waals surface area contributed by atoms with Gasteiger partial charge in [0.15, 0.2) is 10.8 Å².